The number of fused-ring (bicyclic) bond motifs is 2. The number of hydrogen-bond acceptors (Lipinski definition) is 4. The Labute approximate surface area is 187 Å². The molecule has 0 aromatic heterocycles. The Morgan fingerprint density at radius 2 is 1.65 bits per heavy atom. The van der Waals surface area contributed by atoms with Gasteiger partial charge in [0.15, 0.2) is 0 Å². The number of methoxy groups -OCH3 is 1. The lowest BCUT2D eigenvalue weighted by Crippen LogP contribution is -2.73. The van der Waals surface area contributed by atoms with Gasteiger partial charge in [-0.05, 0) is 47.0 Å². The van der Waals surface area contributed by atoms with Crippen molar-refractivity contribution in [2.45, 2.75) is 22.9 Å². The Balaban J connectivity index is 1.41. The molecule has 1 unspecified atom stereocenters. The predicted molar refractivity (Wildman–Crippen MR) is 122 cm³/mol. The summed E-state index contributed by atoms with van der Waals surface area (Å²) in [6.07, 6.45) is 0. The number of piperidine rings is 1. The minimum Gasteiger partial charge on any atom is -0.497 e. The Bertz CT molecular complexity index is 1200. The number of halogens is 1. The number of piperazine rings is 1. The van der Waals surface area contributed by atoms with Crippen molar-refractivity contribution in [1.29, 1.82) is 0 Å². The molecule has 0 aliphatic carbocycles. The van der Waals surface area contributed by atoms with Crippen LogP contribution >= 0.6 is 11.6 Å². The van der Waals surface area contributed by atoms with Crippen molar-refractivity contribution in [2.75, 3.05) is 20.2 Å². The average molecular weight is 455 g/mol. The molecule has 2 aliphatic rings. The highest BCUT2D eigenvalue weighted by Crippen LogP contribution is 2.46. The molecule has 5 nitrogen and oxygen atoms in total. The van der Waals surface area contributed by atoms with Gasteiger partial charge in [-0.25, -0.2) is 8.42 Å². The molecule has 2 bridgehead atoms. The van der Waals surface area contributed by atoms with Crippen LogP contribution in [0, 0.1) is 0 Å². The van der Waals surface area contributed by atoms with Crippen LogP contribution in [0.3, 0.4) is 0 Å². The number of benzene rings is 3. The average Bonchev–Trinajstić information content (AvgIpc) is 2.80. The molecule has 2 saturated heterocycles. The third kappa shape index (κ3) is 3.53. The standard InChI is InChI=1S/C24H23ClN2O3S/c1-30-20-6-2-4-18(12-20)16-8-10-17(11-9-16)24-22-14-26-15-23(24)27(22)31(28,29)21-7-3-5-19(25)13-21/h2-13,22-24,26H,14-15H2,1H3/t22-,23+,24?. The van der Waals surface area contributed by atoms with Crippen molar-refractivity contribution < 1.29 is 13.2 Å². The largest absolute Gasteiger partial charge is 0.497 e. The topological polar surface area (TPSA) is 58.6 Å². The van der Waals surface area contributed by atoms with Crippen molar-refractivity contribution in [2.24, 2.45) is 0 Å². The van der Waals surface area contributed by atoms with Gasteiger partial charge in [-0.2, -0.15) is 4.31 Å². The lowest BCUT2D eigenvalue weighted by molar-refractivity contribution is 0.0370. The minimum absolute atomic E-state index is 0.106. The quantitative estimate of drug-likeness (QED) is 0.629. The van der Waals surface area contributed by atoms with Crippen LogP contribution in [0.25, 0.3) is 11.1 Å². The van der Waals surface area contributed by atoms with Gasteiger partial charge in [-0.15, -0.1) is 0 Å². The fourth-order valence-electron chi connectivity index (χ4n) is 4.78. The van der Waals surface area contributed by atoms with E-state index in [1.807, 2.05) is 18.2 Å². The number of sulfonamides is 1. The van der Waals surface area contributed by atoms with E-state index in [2.05, 4.69) is 35.6 Å². The first-order chi connectivity index (χ1) is 15.0. The molecule has 2 aliphatic heterocycles. The first kappa shape index (κ1) is 20.5. The Morgan fingerprint density at radius 3 is 2.32 bits per heavy atom. The van der Waals surface area contributed by atoms with Gasteiger partial charge in [-0.3, -0.25) is 0 Å². The maximum Gasteiger partial charge on any atom is 0.243 e. The molecule has 7 heteroatoms. The van der Waals surface area contributed by atoms with E-state index in [0.29, 0.717) is 18.1 Å². The maximum atomic E-state index is 13.3. The van der Waals surface area contributed by atoms with E-state index in [1.54, 1.807) is 29.6 Å². The molecular weight excluding hydrogens is 432 g/mol. The molecule has 0 saturated carbocycles. The fourth-order valence-corrected chi connectivity index (χ4v) is 6.93. The molecule has 0 radical (unpaired) electrons. The van der Waals surface area contributed by atoms with Crippen LogP contribution in [0.1, 0.15) is 11.5 Å². The smallest absolute Gasteiger partial charge is 0.243 e. The molecule has 5 rings (SSSR count). The molecule has 3 aromatic carbocycles. The van der Waals surface area contributed by atoms with Crippen LogP contribution in [0.15, 0.2) is 77.7 Å². The zero-order valence-electron chi connectivity index (χ0n) is 17.0. The Kier molecular flexibility index (Phi) is 5.26. The zero-order chi connectivity index (χ0) is 21.6. The fraction of sp³-hybridized carbons (Fsp3) is 0.250. The summed E-state index contributed by atoms with van der Waals surface area (Å²) in [7, 11) is -1.93. The lowest BCUT2D eigenvalue weighted by Gasteiger charge is -2.57. The third-order valence-corrected chi connectivity index (χ3v) is 8.44. The SMILES string of the molecule is COc1cccc(-c2ccc(C3[C@H]4CNC[C@@H]3N4S(=O)(=O)c3cccc(Cl)c3)cc2)c1. The van der Waals surface area contributed by atoms with Crippen LogP contribution < -0.4 is 10.1 Å². The predicted octanol–water partition coefficient (Wildman–Crippen LogP) is 4.14. The Hall–Kier alpha value is -2.38. The van der Waals surface area contributed by atoms with E-state index in [4.69, 9.17) is 16.3 Å². The van der Waals surface area contributed by atoms with Crippen LogP contribution in [0.2, 0.25) is 5.02 Å². The van der Waals surface area contributed by atoms with Gasteiger partial charge in [0.1, 0.15) is 5.75 Å². The maximum absolute atomic E-state index is 13.3. The van der Waals surface area contributed by atoms with Gasteiger partial charge < -0.3 is 10.1 Å². The van der Waals surface area contributed by atoms with Gasteiger partial charge >= 0.3 is 0 Å². The molecule has 2 fully saturated rings. The number of ether oxygens (including phenoxy) is 1. The highest BCUT2D eigenvalue weighted by Gasteiger charge is 2.56. The van der Waals surface area contributed by atoms with Crippen molar-refractivity contribution in [3.8, 4) is 16.9 Å². The molecule has 3 aromatic rings. The summed E-state index contributed by atoms with van der Waals surface area (Å²) in [4.78, 5) is 0.253. The van der Waals surface area contributed by atoms with Crippen molar-refractivity contribution >= 4 is 21.6 Å². The molecular formula is C24H23ClN2O3S. The molecule has 0 amide bonds. The number of nitrogens with zero attached hydrogens (tertiary/aromatic N) is 1. The number of nitrogens with one attached hydrogen (secondary N) is 1. The Morgan fingerprint density at radius 1 is 0.935 bits per heavy atom. The van der Waals surface area contributed by atoms with Gasteiger partial charge in [0.25, 0.3) is 0 Å². The second kappa shape index (κ2) is 7.95. The second-order valence-electron chi connectivity index (χ2n) is 7.97. The number of rotatable bonds is 5. The van der Waals surface area contributed by atoms with E-state index in [-0.39, 0.29) is 22.9 Å². The molecule has 1 N–H and O–H groups in total. The molecule has 2 heterocycles. The summed E-state index contributed by atoms with van der Waals surface area (Å²) in [5.74, 6) is 0.998. The summed E-state index contributed by atoms with van der Waals surface area (Å²) >= 11 is 6.04. The van der Waals surface area contributed by atoms with Gasteiger partial charge in [-0.1, -0.05) is 54.1 Å². The normalized spacial score (nSPS) is 23.2. The van der Waals surface area contributed by atoms with Gasteiger partial charge in [0.2, 0.25) is 10.0 Å². The van der Waals surface area contributed by atoms with Gasteiger partial charge in [0.05, 0.1) is 12.0 Å². The molecule has 160 valence electrons. The van der Waals surface area contributed by atoms with Crippen molar-refractivity contribution in [1.82, 2.24) is 9.62 Å². The number of hydrogen-bond donors (Lipinski definition) is 1. The molecule has 0 spiro atoms. The third-order valence-electron chi connectivity index (χ3n) is 6.26. The van der Waals surface area contributed by atoms with E-state index in [0.717, 1.165) is 16.9 Å². The highest BCUT2D eigenvalue weighted by molar-refractivity contribution is 7.89. The van der Waals surface area contributed by atoms with Gasteiger partial charge in [0, 0.05) is 36.1 Å². The van der Waals surface area contributed by atoms with Crippen LogP contribution in [-0.4, -0.2) is 45.0 Å². The summed E-state index contributed by atoms with van der Waals surface area (Å²) < 4.78 is 33.6. The highest BCUT2D eigenvalue weighted by atomic mass is 35.5. The van der Waals surface area contributed by atoms with Crippen molar-refractivity contribution in [3.05, 3.63) is 83.4 Å². The summed E-state index contributed by atoms with van der Waals surface area (Å²) in [5.41, 5.74) is 3.36. The molecule has 3 atom stereocenters. The van der Waals surface area contributed by atoms with E-state index in [1.165, 1.54) is 11.6 Å². The zero-order valence-corrected chi connectivity index (χ0v) is 18.6. The first-order valence-electron chi connectivity index (χ1n) is 10.2. The summed E-state index contributed by atoms with van der Waals surface area (Å²) in [5, 5.41) is 3.78. The lowest BCUT2D eigenvalue weighted by atomic mass is 9.74. The van der Waals surface area contributed by atoms with Crippen molar-refractivity contribution in [3.63, 3.8) is 0 Å². The van der Waals surface area contributed by atoms with Crippen LogP contribution in [0.5, 0.6) is 5.75 Å². The van der Waals surface area contributed by atoms with E-state index < -0.39 is 10.0 Å². The minimum atomic E-state index is -3.59. The van der Waals surface area contributed by atoms with E-state index in [9.17, 15) is 8.42 Å². The van der Waals surface area contributed by atoms with Crippen LogP contribution in [0.4, 0.5) is 0 Å². The monoisotopic (exact) mass is 454 g/mol. The first-order valence-corrected chi connectivity index (χ1v) is 12.0. The van der Waals surface area contributed by atoms with E-state index >= 15 is 0 Å². The van der Waals surface area contributed by atoms with Crippen LogP contribution in [-0.2, 0) is 10.0 Å². The summed E-state index contributed by atoms with van der Waals surface area (Å²) in [6, 6.07) is 22.7. The second-order valence-corrected chi connectivity index (χ2v) is 10.2. The summed E-state index contributed by atoms with van der Waals surface area (Å²) in [6.45, 7) is 1.27. The molecule has 31 heavy (non-hydrogen) atoms.